The van der Waals surface area contributed by atoms with Gasteiger partial charge in [0, 0.05) is 0 Å². The van der Waals surface area contributed by atoms with Crippen LogP contribution in [0.25, 0.3) is 0 Å². The molecule has 2 fully saturated rings. The van der Waals surface area contributed by atoms with Crippen molar-refractivity contribution in [2.24, 2.45) is 0 Å². The van der Waals surface area contributed by atoms with E-state index in [4.69, 9.17) is 18.9 Å². The van der Waals surface area contributed by atoms with Crippen molar-refractivity contribution >= 4 is 5.97 Å². The predicted molar refractivity (Wildman–Crippen MR) is 76.4 cm³/mol. The number of rotatable bonds is 4. The molecule has 0 saturated carbocycles. The summed E-state index contributed by atoms with van der Waals surface area (Å²) in [5.74, 6) is -1.92. The highest BCUT2D eigenvalue weighted by Crippen LogP contribution is 2.46. The Hall–Kier alpha value is -1.61. The van der Waals surface area contributed by atoms with Crippen molar-refractivity contribution < 1.29 is 37.6 Å². The molecule has 0 spiro atoms. The summed E-state index contributed by atoms with van der Waals surface area (Å²) in [6.45, 7) is 2.32. The molecule has 0 aromatic heterocycles. The van der Waals surface area contributed by atoms with Gasteiger partial charge in [0.2, 0.25) is 0 Å². The molecule has 1 aromatic rings. The lowest BCUT2D eigenvalue weighted by atomic mass is 9.96. The summed E-state index contributed by atoms with van der Waals surface area (Å²) in [6.07, 6.45) is -6.99. The summed E-state index contributed by atoms with van der Waals surface area (Å²) in [5.41, 5.74) is -2.07. The number of carbonyl (C=O) groups is 1. The van der Waals surface area contributed by atoms with Crippen molar-refractivity contribution in [3.05, 3.63) is 35.9 Å². The van der Waals surface area contributed by atoms with Crippen LogP contribution in [0.4, 0.5) is 8.78 Å². The first-order valence-electron chi connectivity index (χ1n) is 7.47. The van der Waals surface area contributed by atoms with Crippen molar-refractivity contribution in [2.75, 3.05) is 6.61 Å². The van der Waals surface area contributed by atoms with E-state index in [2.05, 4.69) is 0 Å². The highest BCUT2D eigenvalue weighted by molar-refractivity contribution is 5.89. The third kappa shape index (κ3) is 2.90. The molecule has 6 nitrogen and oxygen atoms in total. The lowest BCUT2D eigenvalue weighted by molar-refractivity contribution is -0.273. The Morgan fingerprint density at radius 2 is 1.92 bits per heavy atom. The van der Waals surface area contributed by atoms with Gasteiger partial charge in [-0.15, -0.1) is 0 Å². The highest BCUT2D eigenvalue weighted by Gasteiger charge is 2.67. The number of benzene rings is 1. The average molecular weight is 344 g/mol. The maximum absolute atomic E-state index is 13.7. The van der Waals surface area contributed by atoms with Gasteiger partial charge >= 0.3 is 5.97 Å². The van der Waals surface area contributed by atoms with E-state index in [-0.39, 0.29) is 5.56 Å². The van der Waals surface area contributed by atoms with Crippen LogP contribution in [0.15, 0.2) is 30.3 Å². The molecular weight excluding hydrogens is 326 g/mol. The van der Waals surface area contributed by atoms with Crippen LogP contribution in [-0.4, -0.2) is 54.0 Å². The molecule has 2 aliphatic rings. The fraction of sp³-hybridized carbons (Fsp3) is 0.562. The second kappa shape index (κ2) is 6.03. The number of ether oxygens (including phenoxy) is 4. The van der Waals surface area contributed by atoms with Gasteiger partial charge < -0.3 is 24.1 Å². The molecule has 3 rings (SSSR count). The van der Waals surface area contributed by atoms with Crippen LogP contribution < -0.4 is 0 Å². The molecule has 0 radical (unpaired) electrons. The van der Waals surface area contributed by atoms with Gasteiger partial charge in [-0.05, 0) is 26.0 Å². The molecule has 1 unspecified atom stereocenters. The Morgan fingerprint density at radius 3 is 2.54 bits per heavy atom. The third-order valence-corrected chi connectivity index (χ3v) is 4.04. The predicted octanol–water partition coefficient (Wildman–Crippen LogP) is 1.72. The van der Waals surface area contributed by atoms with Crippen molar-refractivity contribution in [3.8, 4) is 0 Å². The van der Waals surface area contributed by atoms with Gasteiger partial charge in [-0.2, -0.15) is 0 Å². The Bertz CT molecular complexity index is 608. The second-order valence-corrected chi connectivity index (χ2v) is 6.23. The smallest absolute Gasteiger partial charge is 0.338 e. The van der Waals surface area contributed by atoms with Crippen LogP contribution in [0.5, 0.6) is 0 Å². The molecule has 2 heterocycles. The SMILES string of the molecule is CC1(C)O[C@H]2C(O)O[C@@](COC(=O)c3ccccc3)(C(F)F)[C@H]2O1. The number of carbonyl (C=O) groups excluding carboxylic acids is 1. The van der Waals surface area contributed by atoms with Crippen molar-refractivity contribution in [1.29, 1.82) is 0 Å². The zero-order valence-electron chi connectivity index (χ0n) is 13.1. The normalized spacial score (nSPS) is 34.3. The van der Waals surface area contributed by atoms with Gasteiger partial charge in [0.1, 0.15) is 18.8 Å². The minimum Gasteiger partial charge on any atom is -0.459 e. The molecule has 0 aliphatic carbocycles. The van der Waals surface area contributed by atoms with Crippen molar-refractivity contribution in [1.82, 2.24) is 0 Å². The number of halogens is 2. The van der Waals surface area contributed by atoms with E-state index in [9.17, 15) is 18.7 Å². The Kier molecular flexibility index (Phi) is 4.33. The number of fused-ring (bicyclic) bond motifs is 1. The molecule has 132 valence electrons. The van der Waals surface area contributed by atoms with Crippen LogP contribution in [0, 0.1) is 0 Å². The molecule has 0 amide bonds. The molecule has 2 aliphatic heterocycles. The maximum Gasteiger partial charge on any atom is 0.338 e. The fourth-order valence-electron chi connectivity index (χ4n) is 2.93. The third-order valence-electron chi connectivity index (χ3n) is 4.04. The summed E-state index contributed by atoms with van der Waals surface area (Å²) in [4.78, 5) is 12.0. The minimum atomic E-state index is -3.05. The van der Waals surface area contributed by atoms with Crippen molar-refractivity contribution in [2.45, 2.75) is 50.2 Å². The first-order chi connectivity index (χ1) is 11.3. The monoisotopic (exact) mass is 344 g/mol. The summed E-state index contributed by atoms with van der Waals surface area (Å²) in [7, 11) is 0. The topological polar surface area (TPSA) is 74.2 Å². The molecule has 1 N–H and O–H groups in total. The fourth-order valence-corrected chi connectivity index (χ4v) is 2.93. The summed E-state index contributed by atoms with van der Waals surface area (Å²) in [5, 5.41) is 9.90. The van der Waals surface area contributed by atoms with Crippen molar-refractivity contribution in [3.63, 3.8) is 0 Å². The van der Waals surface area contributed by atoms with Gasteiger partial charge in [-0.3, -0.25) is 0 Å². The van der Waals surface area contributed by atoms with Crippen LogP contribution in [0.1, 0.15) is 24.2 Å². The summed E-state index contributed by atoms with van der Waals surface area (Å²) < 4.78 is 48.4. The zero-order chi connectivity index (χ0) is 17.5. The van der Waals surface area contributed by atoms with Crippen LogP contribution in [-0.2, 0) is 18.9 Å². The Morgan fingerprint density at radius 1 is 1.25 bits per heavy atom. The van der Waals surface area contributed by atoms with Crippen LogP contribution in [0.2, 0.25) is 0 Å². The molecule has 1 aromatic carbocycles. The number of esters is 1. The van der Waals surface area contributed by atoms with E-state index in [1.807, 2.05) is 0 Å². The number of hydrogen-bond donors (Lipinski definition) is 1. The number of alkyl halides is 2. The Balaban J connectivity index is 1.79. The van der Waals surface area contributed by atoms with E-state index in [0.717, 1.165) is 0 Å². The standard InChI is InChI=1S/C16H18F2O6/c1-15(2)22-10-11(23-15)16(14(17)18,24-13(10)20)8-21-12(19)9-6-4-3-5-7-9/h3-7,10-11,13-14,20H,8H2,1-2H3/t10-,11+,13?,16-/m1/s1. The molecule has 24 heavy (non-hydrogen) atoms. The summed E-state index contributed by atoms with van der Waals surface area (Å²) >= 11 is 0. The van der Waals surface area contributed by atoms with E-state index < -0.39 is 48.9 Å². The van der Waals surface area contributed by atoms with Gasteiger partial charge in [0.15, 0.2) is 17.7 Å². The zero-order valence-corrected chi connectivity index (χ0v) is 13.1. The van der Waals surface area contributed by atoms with E-state index in [0.29, 0.717) is 0 Å². The second-order valence-electron chi connectivity index (χ2n) is 6.23. The van der Waals surface area contributed by atoms with E-state index in [1.165, 1.54) is 12.1 Å². The van der Waals surface area contributed by atoms with E-state index >= 15 is 0 Å². The molecule has 8 heteroatoms. The highest BCUT2D eigenvalue weighted by atomic mass is 19.3. The molecule has 4 atom stereocenters. The van der Waals surface area contributed by atoms with Crippen LogP contribution >= 0.6 is 0 Å². The lowest BCUT2D eigenvalue weighted by Gasteiger charge is -2.32. The molecule has 0 bridgehead atoms. The largest absolute Gasteiger partial charge is 0.459 e. The maximum atomic E-state index is 13.7. The number of aliphatic hydroxyl groups excluding tert-OH is 1. The van der Waals surface area contributed by atoms with Gasteiger partial charge in [-0.25, -0.2) is 13.6 Å². The quantitative estimate of drug-likeness (QED) is 0.839. The van der Waals surface area contributed by atoms with Gasteiger partial charge in [0.05, 0.1) is 5.56 Å². The van der Waals surface area contributed by atoms with Crippen LogP contribution in [0.3, 0.4) is 0 Å². The molecule has 2 saturated heterocycles. The Labute approximate surface area is 137 Å². The first kappa shape index (κ1) is 17.2. The first-order valence-corrected chi connectivity index (χ1v) is 7.47. The summed E-state index contributed by atoms with van der Waals surface area (Å²) in [6, 6.07) is 7.97. The molecular formula is C16H18F2O6. The number of hydrogen-bond acceptors (Lipinski definition) is 6. The van der Waals surface area contributed by atoms with Gasteiger partial charge in [0.25, 0.3) is 6.43 Å². The lowest BCUT2D eigenvalue weighted by Crippen LogP contribution is -2.53. The minimum absolute atomic E-state index is 0.223. The number of aliphatic hydroxyl groups is 1. The van der Waals surface area contributed by atoms with Gasteiger partial charge in [-0.1, -0.05) is 18.2 Å². The average Bonchev–Trinajstić information content (AvgIpc) is 2.99. The van der Waals surface area contributed by atoms with E-state index in [1.54, 1.807) is 32.0 Å².